The van der Waals surface area contributed by atoms with Gasteiger partial charge in [0, 0.05) is 86.8 Å². The molecule has 0 N–H and O–H groups in total. The van der Waals surface area contributed by atoms with Crippen molar-refractivity contribution in [3.63, 3.8) is 0 Å². The third kappa shape index (κ3) is 8.20. The van der Waals surface area contributed by atoms with Crippen LogP contribution in [0.5, 0.6) is 23.0 Å². The fraction of sp³-hybridized carbons (Fsp3) is 0.476. The summed E-state index contributed by atoms with van der Waals surface area (Å²) in [5.74, 6) is 1.08. The number of nitrogens with zero attached hydrogens (tertiary/aromatic N) is 4. The van der Waals surface area contributed by atoms with Crippen LogP contribution >= 0.6 is 0 Å². The van der Waals surface area contributed by atoms with Crippen LogP contribution in [0.4, 0.5) is 0 Å². The van der Waals surface area contributed by atoms with Crippen molar-refractivity contribution >= 4 is 20.0 Å². The number of ether oxygens (including phenoxy) is 6. The Morgan fingerprint density at radius 3 is 1.27 bits per heavy atom. The van der Waals surface area contributed by atoms with E-state index in [1.807, 2.05) is 12.1 Å². The number of hydrogen-bond acceptors (Lipinski definition) is 12. The van der Waals surface area contributed by atoms with Crippen molar-refractivity contribution < 1.29 is 45.3 Å². The predicted octanol–water partition coefficient (Wildman–Crippen LogP) is 2.89. The third-order valence-corrected chi connectivity index (χ3v) is 15.6. The van der Waals surface area contributed by atoms with E-state index in [9.17, 15) is 26.4 Å². The molecule has 4 bridgehead atoms. The summed E-state index contributed by atoms with van der Waals surface area (Å²) < 4.78 is 98.4. The van der Waals surface area contributed by atoms with E-state index in [1.165, 1.54) is 32.9 Å². The van der Waals surface area contributed by atoms with Crippen molar-refractivity contribution in [3.8, 4) is 23.0 Å². The minimum absolute atomic E-state index is 0.0219. The number of rotatable bonds is 4. The molecule has 2 aromatic heterocycles. The van der Waals surface area contributed by atoms with Crippen LogP contribution < -0.4 is 30.1 Å². The molecular formula is C42H48N4O12S2. The molecule has 7 heterocycles. The van der Waals surface area contributed by atoms with Crippen LogP contribution in [0.2, 0.25) is 0 Å². The van der Waals surface area contributed by atoms with E-state index >= 15 is 0 Å². The summed E-state index contributed by atoms with van der Waals surface area (Å²) in [6.07, 6.45) is 1.65. The van der Waals surface area contributed by atoms with Crippen molar-refractivity contribution in [1.82, 2.24) is 17.7 Å². The molecule has 0 saturated carbocycles. The number of pyridine rings is 2. The van der Waals surface area contributed by atoms with Crippen LogP contribution in [-0.4, -0.2) is 114 Å². The highest BCUT2D eigenvalue weighted by Crippen LogP contribution is 2.40. The van der Waals surface area contributed by atoms with Crippen molar-refractivity contribution in [3.05, 3.63) is 105 Å². The molecule has 0 spiro atoms. The Labute approximate surface area is 348 Å². The predicted molar refractivity (Wildman–Crippen MR) is 217 cm³/mol. The van der Waals surface area contributed by atoms with Gasteiger partial charge in [0.05, 0.1) is 36.2 Å². The van der Waals surface area contributed by atoms with Gasteiger partial charge in [-0.05, 0) is 61.1 Å². The fourth-order valence-corrected chi connectivity index (χ4v) is 12.4. The first-order chi connectivity index (χ1) is 29.0. The lowest BCUT2D eigenvalue weighted by molar-refractivity contribution is 0.0639. The van der Waals surface area contributed by atoms with Crippen LogP contribution in [0.3, 0.4) is 0 Å². The molecule has 0 radical (unpaired) electrons. The molecule has 0 aliphatic carbocycles. The maximum absolute atomic E-state index is 14.1. The van der Waals surface area contributed by atoms with E-state index in [2.05, 4.69) is 0 Å². The van der Waals surface area contributed by atoms with E-state index in [0.717, 1.165) is 24.2 Å². The summed E-state index contributed by atoms with van der Waals surface area (Å²) in [5, 5.41) is 0. The molecule has 2 aromatic carbocycles. The molecule has 0 unspecified atom stereocenters. The van der Waals surface area contributed by atoms with Gasteiger partial charge >= 0.3 is 0 Å². The summed E-state index contributed by atoms with van der Waals surface area (Å²) >= 11 is 0. The smallest absolute Gasteiger partial charge is 0.250 e. The molecule has 5 aliphatic heterocycles. The first-order valence-electron chi connectivity index (χ1n) is 20.4. The average Bonchev–Trinajstić information content (AvgIpc) is 3.24. The topological polar surface area (TPSA) is 174 Å². The number of aromatic nitrogens is 2. The lowest BCUT2D eigenvalue weighted by Crippen LogP contribution is -2.49. The molecule has 0 amide bonds. The van der Waals surface area contributed by atoms with Gasteiger partial charge in [-0.15, -0.1) is 0 Å². The second kappa shape index (κ2) is 17.0. The van der Waals surface area contributed by atoms with Gasteiger partial charge in [0.2, 0.25) is 20.0 Å². The summed E-state index contributed by atoms with van der Waals surface area (Å²) in [6, 6.07) is 19.5. The first-order valence-corrected chi connectivity index (χ1v) is 23.3. The third-order valence-electron chi connectivity index (χ3n) is 11.9. The molecule has 4 atom stereocenters. The second-order valence-electron chi connectivity index (χ2n) is 15.9. The van der Waals surface area contributed by atoms with Gasteiger partial charge in [0.1, 0.15) is 26.4 Å². The lowest BCUT2D eigenvalue weighted by Gasteiger charge is -2.42. The number of sulfonamides is 2. The van der Waals surface area contributed by atoms with E-state index in [1.54, 1.807) is 45.5 Å². The van der Waals surface area contributed by atoms with Gasteiger partial charge in [-0.25, -0.2) is 16.8 Å². The standard InChI is InChI=1S/C42H48N4O12S2/c47-41-5-1-3-35-31-19-29(25-45(35)41)23-43(27-31)59(49,50)33-7-9-37-39(21-33)57-17-13-54-14-18-58-40-22-34(8-10-38(40)56-16-12-53-11-15-55-37)60(51,52)44-24-30-20-32(28-44)36-4-2-6-42(48)46(36)26-30/h1-10,21-22,29-32H,11-20,23-28H2/t29-,30+,31-,32+. The first kappa shape index (κ1) is 40.7. The van der Waals surface area contributed by atoms with Gasteiger partial charge in [-0.2, -0.15) is 8.61 Å². The summed E-state index contributed by atoms with van der Waals surface area (Å²) in [4.78, 5) is 25.2. The molecule has 320 valence electrons. The SMILES string of the molecule is O=c1cccc2n1C[C@@H]1C[C@@H]2CN(S(=O)(=O)c2ccc3c(c2)OCCOCCOc2cc(S(=O)(=O)N4C[C@@H]5C[C@@H](C4)c4cccc(=O)n4C5)ccc2OCCOCCO3)C1. The van der Waals surface area contributed by atoms with Gasteiger partial charge in [-0.3, -0.25) is 9.59 Å². The van der Waals surface area contributed by atoms with Crippen LogP contribution in [0.25, 0.3) is 0 Å². The van der Waals surface area contributed by atoms with Crippen LogP contribution in [0, 0.1) is 11.8 Å². The quantitative estimate of drug-likeness (QED) is 0.294. The molecule has 60 heavy (non-hydrogen) atoms. The molecule has 18 heteroatoms. The highest BCUT2D eigenvalue weighted by molar-refractivity contribution is 7.89. The maximum atomic E-state index is 14.1. The molecule has 9 rings (SSSR count). The minimum Gasteiger partial charge on any atom is -0.487 e. The Bertz CT molecular complexity index is 2400. The zero-order chi connectivity index (χ0) is 41.4. The molecule has 5 aliphatic rings. The van der Waals surface area contributed by atoms with Crippen LogP contribution in [-0.2, 0) is 42.6 Å². The highest BCUT2D eigenvalue weighted by Gasteiger charge is 2.41. The number of fused-ring (bicyclic) bond motifs is 10. The van der Waals surface area contributed by atoms with Crippen LogP contribution in [0.15, 0.2) is 92.2 Å². The molecular weight excluding hydrogens is 817 g/mol. The average molecular weight is 865 g/mol. The lowest BCUT2D eigenvalue weighted by atomic mass is 9.84. The van der Waals surface area contributed by atoms with Gasteiger partial charge in [0.15, 0.2) is 23.0 Å². The van der Waals surface area contributed by atoms with Crippen LogP contribution in [0.1, 0.15) is 36.1 Å². The Balaban J connectivity index is 0.853. The van der Waals surface area contributed by atoms with Crippen molar-refractivity contribution in [1.29, 1.82) is 0 Å². The summed E-state index contributed by atoms with van der Waals surface area (Å²) in [5.41, 5.74) is 1.60. The van der Waals surface area contributed by atoms with Gasteiger partial charge in [0.25, 0.3) is 11.1 Å². The Morgan fingerprint density at radius 2 is 0.850 bits per heavy atom. The zero-order valence-corrected chi connectivity index (χ0v) is 34.7. The van der Waals surface area contributed by atoms with Crippen molar-refractivity contribution in [2.45, 2.75) is 47.6 Å². The summed E-state index contributed by atoms with van der Waals surface area (Å²) in [6.45, 7) is 3.26. The maximum Gasteiger partial charge on any atom is 0.250 e. The van der Waals surface area contributed by atoms with E-state index < -0.39 is 20.0 Å². The van der Waals surface area contributed by atoms with Crippen molar-refractivity contribution in [2.75, 3.05) is 79.0 Å². The fourth-order valence-electron chi connectivity index (χ4n) is 9.20. The monoisotopic (exact) mass is 864 g/mol. The largest absolute Gasteiger partial charge is 0.487 e. The molecule has 4 aromatic rings. The molecule has 16 nitrogen and oxygen atoms in total. The number of benzene rings is 2. The second-order valence-corrected chi connectivity index (χ2v) is 19.8. The minimum atomic E-state index is -3.91. The normalized spacial score (nSPS) is 24.3. The van der Waals surface area contributed by atoms with Gasteiger partial charge in [-0.1, -0.05) is 12.1 Å². The Kier molecular flexibility index (Phi) is 11.5. The Morgan fingerprint density at radius 1 is 0.450 bits per heavy atom. The Hall–Kier alpha value is -4.72. The van der Waals surface area contributed by atoms with E-state index in [4.69, 9.17) is 28.4 Å². The van der Waals surface area contributed by atoms with E-state index in [-0.39, 0.29) is 122 Å². The number of piperidine rings is 2. The molecule has 2 fully saturated rings. The number of hydrogen-bond donors (Lipinski definition) is 0. The van der Waals surface area contributed by atoms with Crippen molar-refractivity contribution in [2.24, 2.45) is 11.8 Å². The van der Waals surface area contributed by atoms with Gasteiger partial charge < -0.3 is 37.6 Å². The van der Waals surface area contributed by atoms with E-state index in [0.29, 0.717) is 37.7 Å². The zero-order valence-electron chi connectivity index (χ0n) is 33.1. The molecule has 2 saturated heterocycles. The summed E-state index contributed by atoms with van der Waals surface area (Å²) in [7, 11) is -7.83. The highest BCUT2D eigenvalue weighted by atomic mass is 32.2.